The highest BCUT2D eigenvalue weighted by molar-refractivity contribution is 5.90. The molecule has 0 spiro atoms. The number of ether oxygens (including phenoxy) is 2. The van der Waals surface area contributed by atoms with Crippen molar-refractivity contribution >= 4 is 16.6 Å². The van der Waals surface area contributed by atoms with Gasteiger partial charge in [0.2, 0.25) is 5.75 Å². The number of fused-ring (bicyclic) bond motifs is 1. The highest BCUT2D eigenvalue weighted by atomic mass is 16.5. The van der Waals surface area contributed by atoms with E-state index < -0.39 is 0 Å². The van der Waals surface area contributed by atoms with Gasteiger partial charge < -0.3 is 19.8 Å². The molecule has 0 aliphatic rings. The normalized spacial score (nSPS) is 11.2. The monoisotopic (exact) mass is 318 g/mol. The molecule has 0 aliphatic carbocycles. The van der Waals surface area contributed by atoms with E-state index >= 15 is 0 Å². The Hall–Kier alpha value is -2.17. The lowest BCUT2D eigenvalue weighted by Crippen LogP contribution is -2.25. The number of pyridine rings is 1. The first-order chi connectivity index (χ1) is 11.0. The third kappa shape index (κ3) is 3.60. The van der Waals surface area contributed by atoms with E-state index in [0.29, 0.717) is 24.6 Å². The minimum absolute atomic E-state index is 0.104. The molecule has 0 bridgehead atoms. The summed E-state index contributed by atoms with van der Waals surface area (Å²) in [7, 11) is 0. The molecular formula is C18H26N2O3. The molecule has 2 aromatic rings. The van der Waals surface area contributed by atoms with Crippen LogP contribution in [0.4, 0.5) is 5.69 Å². The number of aryl methyl sites for hydroxylation is 1. The Bertz CT molecular complexity index is 735. The molecule has 2 N–H and O–H groups in total. The molecule has 0 amide bonds. The molecule has 0 atom stereocenters. The van der Waals surface area contributed by atoms with Gasteiger partial charge >= 0.3 is 0 Å². The van der Waals surface area contributed by atoms with Crippen molar-refractivity contribution in [3.63, 3.8) is 0 Å². The zero-order chi connectivity index (χ0) is 17.0. The highest BCUT2D eigenvalue weighted by Crippen LogP contribution is 2.34. The van der Waals surface area contributed by atoms with Gasteiger partial charge in [0.1, 0.15) is 0 Å². The summed E-state index contributed by atoms with van der Waals surface area (Å²) >= 11 is 0. The van der Waals surface area contributed by atoms with Crippen molar-refractivity contribution in [2.45, 2.75) is 53.2 Å². The zero-order valence-electron chi connectivity index (χ0n) is 14.4. The molecular weight excluding hydrogens is 292 g/mol. The van der Waals surface area contributed by atoms with Crippen LogP contribution in [0.2, 0.25) is 0 Å². The molecule has 5 nitrogen and oxygen atoms in total. The standard InChI is InChI=1S/C18H26N2O3/c1-5-7-10-22-16-14-9-8-13(19)11-15(14)20(6-2)18(21)17(16)23-12(3)4/h8-9,11-12H,5-7,10,19H2,1-4H3. The van der Waals surface area contributed by atoms with Gasteiger partial charge in [0.15, 0.2) is 5.75 Å². The average molecular weight is 318 g/mol. The fourth-order valence-electron chi connectivity index (χ4n) is 2.53. The first kappa shape index (κ1) is 17.2. The van der Waals surface area contributed by atoms with E-state index in [4.69, 9.17) is 15.2 Å². The number of aromatic nitrogens is 1. The summed E-state index contributed by atoms with van der Waals surface area (Å²) in [6.45, 7) is 8.93. The number of benzene rings is 1. The van der Waals surface area contributed by atoms with Crippen LogP contribution in [0.5, 0.6) is 11.5 Å². The summed E-state index contributed by atoms with van der Waals surface area (Å²) in [5.41, 5.74) is 7.12. The lowest BCUT2D eigenvalue weighted by Gasteiger charge is -2.19. The van der Waals surface area contributed by atoms with Crippen molar-refractivity contribution in [2.75, 3.05) is 12.3 Å². The van der Waals surface area contributed by atoms with E-state index in [2.05, 4.69) is 6.92 Å². The van der Waals surface area contributed by atoms with Crippen LogP contribution in [-0.2, 0) is 6.54 Å². The smallest absolute Gasteiger partial charge is 0.297 e. The largest absolute Gasteiger partial charge is 0.489 e. The van der Waals surface area contributed by atoms with E-state index in [1.54, 1.807) is 4.57 Å². The van der Waals surface area contributed by atoms with Crippen molar-refractivity contribution in [3.8, 4) is 11.5 Å². The molecule has 2 rings (SSSR count). The zero-order valence-corrected chi connectivity index (χ0v) is 14.4. The third-order valence-corrected chi connectivity index (χ3v) is 3.62. The van der Waals surface area contributed by atoms with Gasteiger partial charge in [-0.15, -0.1) is 0 Å². The van der Waals surface area contributed by atoms with E-state index in [9.17, 15) is 4.79 Å². The molecule has 126 valence electrons. The summed E-state index contributed by atoms with van der Waals surface area (Å²) in [6.07, 6.45) is 1.85. The van der Waals surface area contributed by atoms with Crippen molar-refractivity contribution in [2.24, 2.45) is 0 Å². The first-order valence-corrected chi connectivity index (χ1v) is 8.25. The van der Waals surface area contributed by atoms with Crippen molar-refractivity contribution in [1.82, 2.24) is 4.57 Å². The van der Waals surface area contributed by atoms with E-state index in [0.717, 1.165) is 23.7 Å². The predicted octanol–water partition coefficient (Wildman–Crippen LogP) is 3.57. The van der Waals surface area contributed by atoms with Gasteiger partial charge in [-0.05, 0) is 45.4 Å². The maximum atomic E-state index is 12.8. The molecule has 0 saturated carbocycles. The number of nitrogens with zero attached hydrogens (tertiary/aromatic N) is 1. The predicted molar refractivity (Wildman–Crippen MR) is 94.5 cm³/mol. The number of nitrogens with two attached hydrogens (primary N) is 1. The molecule has 0 unspecified atom stereocenters. The molecule has 0 aliphatic heterocycles. The second-order valence-electron chi connectivity index (χ2n) is 5.85. The third-order valence-electron chi connectivity index (χ3n) is 3.62. The van der Waals surface area contributed by atoms with E-state index in [1.807, 2.05) is 39.0 Å². The Labute approximate surface area is 137 Å². The van der Waals surface area contributed by atoms with Crippen molar-refractivity contribution in [3.05, 3.63) is 28.6 Å². The van der Waals surface area contributed by atoms with Crippen LogP contribution in [-0.4, -0.2) is 17.3 Å². The van der Waals surface area contributed by atoms with Gasteiger partial charge in [-0.2, -0.15) is 0 Å². The number of anilines is 1. The van der Waals surface area contributed by atoms with E-state index in [-0.39, 0.29) is 17.4 Å². The Morgan fingerprint density at radius 2 is 1.96 bits per heavy atom. The Balaban J connectivity index is 2.72. The van der Waals surface area contributed by atoms with Crippen molar-refractivity contribution < 1.29 is 9.47 Å². The lowest BCUT2D eigenvalue weighted by molar-refractivity contribution is 0.216. The van der Waals surface area contributed by atoms with Gasteiger partial charge in [0, 0.05) is 17.6 Å². The van der Waals surface area contributed by atoms with Gasteiger partial charge in [-0.1, -0.05) is 13.3 Å². The van der Waals surface area contributed by atoms with Crippen molar-refractivity contribution in [1.29, 1.82) is 0 Å². The summed E-state index contributed by atoms with van der Waals surface area (Å²) < 4.78 is 13.4. The maximum Gasteiger partial charge on any atom is 0.297 e. The topological polar surface area (TPSA) is 66.5 Å². The second-order valence-corrected chi connectivity index (χ2v) is 5.85. The van der Waals surface area contributed by atoms with Crippen LogP contribution >= 0.6 is 0 Å². The second kappa shape index (κ2) is 7.40. The lowest BCUT2D eigenvalue weighted by atomic mass is 10.1. The average Bonchev–Trinajstić information content (AvgIpc) is 2.50. The first-order valence-electron chi connectivity index (χ1n) is 8.25. The number of unbranched alkanes of at least 4 members (excludes halogenated alkanes) is 1. The molecule has 23 heavy (non-hydrogen) atoms. The van der Waals surface area contributed by atoms with Crippen LogP contribution in [0.15, 0.2) is 23.0 Å². The van der Waals surface area contributed by atoms with Gasteiger partial charge in [0.05, 0.1) is 18.2 Å². The summed E-state index contributed by atoms with van der Waals surface area (Å²) in [4.78, 5) is 12.8. The Morgan fingerprint density at radius 3 is 2.57 bits per heavy atom. The quantitative estimate of drug-likeness (QED) is 0.626. The minimum atomic E-state index is -0.175. The molecule has 5 heteroatoms. The van der Waals surface area contributed by atoms with Crippen LogP contribution in [0.25, 0.3) is 10.9 Å². The number of rotatable bonds is 7. The SMILES string of the molecule is CCCCOc1c(OC(C)C)c(=O)n(CC)c2cc(N)ccc12. The fourth-order valence-corrected chi connectivity index (χ4v) is 2.53. The molecule has 0 fully saturated rings. The molecule has 1 heterocycles. The van der Waals surface area contributed by atoms with Crippen LogP contribution in [0, 0.1) is 0 Å². The molecule has 1 aromatic carbocycles. The summed E-state index contributed by atoms with van der Waals surface area (Å²) in [6, 6.07) is 5.52. The van der Waals surface area contributed by atoms with Gasteiger partial charge in [0.25, 0.3) is 5.56 Å². The minimum Gasteiger partial charge on any atom is -0.489 e. The Kier molecular flexibility index (Phi) is 5.53. The van der Waals surface area contributed by atoms with Gasteiger partial charge in [-0.3, -0.25) is 4.79 Å². The highest BCUT2D eigenvalue weighted by Gasteiger charge is 2.20. The van der Waals surface area contributed by atoms with Crippen LogP contribution < -0.4 is 20.8 Å². The summed E-state index contributed by atoms with van der Waals surface area (Å²) in [5.74, 6) is 0.812. The summed E-state index contributed by atoms with van der Waals surface area (Å²) in [5, 5.41) is 0.854. The number of hydrogen-bond donors (Lipinski definition) is 1. The van der Waals surface area contributed by atoms with Gasteiger partial charge in [-0.25, -0.2) is 0 Å². The molecule has 0 saturated heterocycles. The van der Waals surface area contributed by atoms with Crippen LogP contribution in [0.3, 0.4) is 0 Å². The fraction of sp³-hybridized carbons (Fsp3) is 0.500. The van der Waals surface area contributed by atoms with Crippen LogP contribution in [0.1, 0.15) is 40.5 Å². The molecule has 0 radical (unpaired) electrons. The number of hydrogen-bond acceptors (Lipinski definition) is 4. The molecule has 1 aromatic heterocycles. The maximum absolute atomic E-state index is 12.8. The van der Waals surface area contributed by atoms with E-state index in [1.165, 1.54) is 0 Å². The number of nitrogen functional groups attached to an aromatic ring is 1. The Morgan fingerprint density at radius 1 is 1.22 bits per heavy atom.